The van der Waals surface area contributed by atoms with Crippen molar-refractivity contribution in [1.82, 2.24) is 19.5 Å². The second-order valence-electron chi connectivity index (χ2n) is 8.18. The molecule has 3 aromatic carbocycles. The number of carbonyl (C=O) groups excluding carboxylic acids is 1. The Bertz CT molecular complexity index is 1650. The number of rotatable bonds is 6. The number of anilines is 2. The molecule has 0 fully saturated rings. The lowest BCUT2D eigenvalue weighted by molar-refractivity contribution is 0.112. The fourth-order valence-corrected chi connectivity index (χ4v) is 4.34. The Morgan fingerprint density at radius 2 is 1.81 bits per heavy atom. The van der Waals surface area contributed by atoms with E-state index in [1.54, 1.807) is 47.2 Å². The number of aromatic nitrogens is 4. The van der Waals surface area contributed by atoms with E-state index in [0.29, 0.717) is 44.4 Å². The summed E-state index contributed by atoms with van der Waals surface area (Å²) in [7, 11) is 0. The standard InChI is InChI=1S/C27H21ClN6O2/c1-16(31-24-20(14-30-27(29)33-24)18-8-5-7-17(13-18)15-35)25-32-22-12-6-11-21(28)23(22)26(36)34(25)19-9-3-2-4-10-19/h2-16H,1H3,(H3,29,30,31,33)/t16-/m0/s1. The van der Waals surface area contributed by atoms with Crippen LogP contribution < -0.4 is 16.6 Å². The summed E-state index contributed by atoms with van der Waals surface area (Å²) in [6, 6.07) is 21.0. The highest BCUT2D eigenvalue weighted by Crippen LogP contribution is 2.30. The van der Waals surface area contributed by atoms with Gasteiger partial charge in [-0.3, -0.25) is 14.2 Å². The molecule has 0 radical (unpaired) electrons. The summed E-state index contributed by atoms with van der Waals surface area (Å²) < 4.78 is 1.54. The molecule has 0 bridgehead atoms. The summed E-state index contributed by atoms with van der Waals surface area (Å²) in [5.41, 5.74) is 8.69. The van der Waals surface area contributed by atoms with Crippen molar-refractivity contribution >= 4 is 40.6 Å². The average Bonchev–Trinajstić information content (AvgIpc) is 2.89. The number of carbonyl (C=O) groups is 1. The molecule has 8 nitrogen and oxygen atoms in total. The average molecular weight is 497 g/mol. The molecule has 0 saturated carbocycles. The number of hydrogen-bond acceptors (Lipinski definition) is 7. The highest BCUT2D eigenvalue weighted by atomic mass is 35.5. The fraction of sp³-hybridized carbons (Fsp3) is 0.0741. The van der Waals surface area contributed by atoms with Gasteiger partial charge in [-0.05, 0) is 42.8 Å². The molecule has 0 aliphatic rings. The molecule has 36 heavy (non-hydrogen) atoms. The smallest absolute Gasteiger partial charge is 0.267 e. The molecule has 1 atom stereocenters. The third-order valence-corrected chi connectivity index (χ3v) is 6.08. The zero-order chi connectivity index (χ0) is 25.2. The third kappa shape index (κ3) is 4.30. The molecule has 3 N–H and O–H groups in total. The zero-order valence-corrected chi connectivity index (χ0v) is 20.0. The summed E-state index contributed by atoms with van der Waals surface area (Å²) in [6.45, 7) is 1.88. The van der Waals surface area contributed by atoms with Crippen LogP contribution in [-0.2, 0) is 0 Å². The van der Waals surface area contributed by atoms with Crippen molar-refractivity contribution in [3.63, 3.8) is 0 Å². The molecular weight excluding hydrogens is 476 g/mol. The van der Waals surface area contributed by atoms with Crippen LogP contribution in [0.25, 0.3) is 27.7 Å². The Morgan fingerprint density at radius 1 is 1.03 bits per heavy atom. The number of hydrogen-bond donors (Lipinski definition) is 2. The van der Waals surface area contributed by atoms with Gasteiger partial charge in [-0.15, -0.1) is 0 Å². The van der Waals surface area contributed by atoms with Crippen molar-refractivity contribution in [3.05, 3.63) is 106 Å². The molecule has 178 valence electrons. The number of aldehydes is 1. The maximum absolute atomic E-state index is 13.7. The maximum Gasteiger partial charge on any atom is 0.267 e. The normalized spacial score (nSPS) is 11.8. The van der Waals surface area contributed by atoms with Crippen LogP contribution in [0.4, 0.5) is 11.8 Å². The van der Waals surface area contributed by atoms with Crippen LogP contribution in [0.2, 0.25) is 5.02 Å². The summed E-state index contributed by atoms with van der Waals surface area (Å²) in [6.07, 6.45) is 2.37. The Balaban J connectivity index is 1.67. The Kier molecular flexibility index (Phi) is 6.18. The number of benzene rings is 3. The van der Waals surface area contributed by atoms with E-state index in [1.165, 1.54) is 0 Å². The minimum absolute atomic E-state index is 0.0821. The molecule has 0 saturated heterocycles. The first kappa shape index (κ1) is 23.2. The quantitative estimate of drug-likeness (QED) is 0.315. The van der Waals surface area contributed by atoms with Crippen molar-refractivity contribution < 1.29 is 4.79 Å². The largest absolute Gasteiger partial charge is 0.368 e. The Hall–Kier alpha value is -4.56. The van der Waals surface area contributed by atoms with Crippen LogP contribution in [0.1, 0.15) is 29.1 Å². The number of halogens is 1. The lowest BCUT2D eigenvalue weighted by Gasteiger charge is -2.21. The molecule has 0 spiro atoms. The molecule has 5 aromatic rings. The van der Waals surface area contributed by atoms with Gasteiger partial charge in [0.15, 0.2) is 0 Å². The van der Waals surface area contributed by atoms with Crippen molar-refractivity contribution in [2.24, 2.45) is 0 Å². The number of fused-ring (bicyclic) bond motifs is 1. The number of nitrogens with one attached hydrogen (secondary N) is 1. The Labute approximate surface area is 211 Å². The highest BCUT2D eigenvalue weighted by molar-refractivity contribution is 6.35. The first-order chi connectivity index (χ1) is 17.5. The predicted octanol–water partition coefficient (Wildman–Crippen LogP) is 5.06. The molecular formula is C27H21ClN6O2. The molecule has 0 amide bonds. The van der Waals surface area contributed by atoms with Gasteiger partial charge in [-0.2, -0.15) is 4.98 Å². The monoisotopic (exact) mass is 496 g/mol. The fourth-order valence-electron chi connectivity index (χ4n) is 4.09. The molecule has 2 heterocycles. The SMILES string of the molecule is C[C@H](Nc1nc(N)ncc1-c1cccc(C=O)c1)c1nc2cccc(Cl)c2c(=O)n1-c1ccccc1. The van der Waals surface area contributed by atoms with Gasteiger partial charge in [-0.1, -0.05) is 54.1 Å². The minimum atomic E-state index is -0.483. The van der Waals surface area contributed by atoms with Crippen LogP contribution in [0.15, 0.2) is 83.8 Å². The van der Waals surface area contributed by atoms with Gasteiger partial charge >= 0.3 is 0 Å². The molecule has 0 aliphatic heterocycles. The minimum Gasteiger partial charge on any atom is -0.368 e. The molecule has 9 heteroatoms. The second-order valence-corrected chi connectivity index (χ2v) is 8.59. The zero-order valence-electron chi connectivity index (χ0n) is 19.2. The van der Waals surface area contributed by atoms with Crippen LogP contribution in [0, 0.1) is 0 Å². The topological polar surface area (TPSA) is 116 Å². The van der Waals surface area contributed by atoms with Crippen LogP contribution >= 0.6 is 11.6 Å². The molecule has 2 aromatic heterocycles. The number of nitrogens with two attached hydrogens (primary N) is 1. The van der Waals surface area contributed by atoms with Crippen LogP contribution in [-0.4, -0.2) is 25.8 Å². The lowest BCUT2D eigenvalue weighted by Crippen LogP contribution is -2.27. The van der Waals surface area contributed by atoms with E-state index in [1.807, 2.05) is 43.3 Å². The van der Waals surface area contributed by atoms with Gasteiger partial charge in [0.2, 0.25) is 5.95 Å². The van der Waals surface area contributed by atoms with E-state index >= 15 is 0 Å². The highest BCUT2D eigenvalue weighted by Gasteiger charge is 2.21. The first-order valence-corrected chi connectivity index (χ1v) is 11.6. The van der Waals surface area contributed by atoms with E-state index in [2.05, 4.69) is 15.3 Å². The Morgan fingerprint density at radius 3 is 2.58 bits per heavy atom. The summed E-state index contributed by atoms with van der Waals surface area (Å²) in [4.78, 5) is 38.3. The van der Waals surface area contributed by atoms with E-state index in [-0.39, 0.29) is 11.5 Å². The van der Waals surface area contributed by atoms with E-state index in [0.717, 1.165) is 11.8 Å². The van der Waals surface area contributed by atoms with Gasteiger partial charge in [0, 0.05) is 17.3 Å². The van der Waals surface area contributed by atoms with Gasteiger partial charge < -0.3 is 11.1 Å². The van der Waals surface area contributed by atoms with E-state index in [4.69, 9.17) is 22.3 Å². The molecule has 5 rings (SSSR count). The van der Waals surface area contributed by atoms with Gasteiger partial charge in [0.1, 0.15) is 17.9 Å². The van der Waals surface area contributed by atoms with Crippen molar-refractivity contribution in [2.75, 3.05) is 11.1 Å². The summed E-state index contributed by atoms with van der Waals surface area (Å²) >= 11 is 6.39. The third-order valence-electron chi connectivity index (χ3n) is 5.77. The van der Waals surface area contributed by atoms with E-state index in [9.17, 15) is 9.59 Å². The summed E-state index contributed by atoms with van der Waals surface area (Å²) in [5, 5.41) is 4.03. The number of para-hydroxylation sites is 1. The first-order valence-electron chi connectivity index (χ1n) is 11.2. The predicted molar refractivity (Wildman–Crippen MR) is 142 cm³/mol. The van der Waals surface area contributed by atoms with Crippen molar-refractivity contribution in [2.45, 2.75) is 13.0 Å². The van der Waals surface area contributed by atoms with Gasteiger partial charge in [0.25, 0.3) is 5.56 Å². The number of nitrogen functional groups attached to an aromatic ring is 1. The molecule has 0 aliphatic carbocycles. The van der Waals surface area contributed by atoms with Gasteiger partial charge in [0.05, 0.1) is 27.7 Å². The van der Waals surface area contributed by atoms with Crippen molar-refractivity contribution in [1.29, 1.82) is 0 Å². The lowest BCUT2D eigenvalue weighted by atomic mass is 10.1. The number of nitrogens with zero attached hydrogens (tertiary/aromatic N) is 4. The summed E-state index contributed by atoms with van der Waals surface area (Å²) in [5.74, 6) is 0.988. The van der Waals surface area contributed by atoms with E-state index < -0.39 is 6.04 Å². The maximum atomic E-state index is 13.7. The van der Waals surface area contributed by atoms with Gasteiger partial charge in [-0.25, -0.2) is 9.97 Å². The van der Waals surface area contributed by atoms with Crippen molar-refractivity contribution in [3.8, 4) is 16.8 Å². The molecule has 0 unspecified atom stereocenters. The van der Waals surface area contributed by atoms with Crippen LogP contribution in [0.3, 0.4) is 0 Å². The second kappa shape index (κ2) is 9.59. The van der Waals surface area contributed by atoms with Crippen LogP contribution in [0.5, 0.6) is 0 Å².